The van der Waals surface area contributed by atoms with Crippen LogP contribution >= 0.6 is 34.7 Å². The van der Waals surface area contributed by atoms with Gasteiger partial charge in [-0.3, -0.25) is 14.5 Å². The van der Waals surface area contributed by atoms with E-state index in [-0.39, 0.29) is 17.1 Å². The molecule has 0 bridgehead atoms. The van der Waals surface area contributed by atoms with Gasteiger partial charge in [0.05, 0.1) is 5.25 Å². The number of halogens is 1. The van der Waals surface area contributed by atoms with E-state index in [0.717, 1.165) is 38.5 Å². The first kappa shape index (κ1) is 22.1. The van der Waals surface area contributed by atoms with E-state index >= 15 is 0 Å². The minimum atomic E-state index is -0.373. The van der Waals surface area contributed by atoms with E-state index in [2.05, 4.69) is 28.2 Å². The van der Waals surface area contributed by atoms with Crippen LogP contribution in [0.1, 0.15) is 29.6 Å². The van der Waals surface area contributed by atoms with Gasteiger partial charge in [-0.05, 0) is 48.7 Å². The van der Waals surface area contributed by atoms with Gasteiger partial charge in [-0.25, -0.2) is 9.97 Å². The summed E-state index contributed by atoms with van der Waals surface area (Å²) in [5.74, 6) is -0.443. The number of fused-ring (bicyclic) bond motifs is 1. The first-order chi connectivity index (χ1) is 16.1. The maximum absolute atomic E-state index is 13.4. The molecule has 1 fully saturated rings. The lowest BCUT2D eigenvalue weighted by Crippen LogP contribution is -2.41. The lowest BCUT2D eigenvalue weighted by Gasteiger charge is -2.22. The maximum Gasteiger partial charge on any atom is 0.260 e. The van der Waals surface area contributed by atoms with Gasteiger partial charge in [0.2, 0.25) is 5.91 Å². The largest absolute Gasteiger partial charge is 0.278 e. The lowest BCUT2D eigenvalue weighted by atomic mass is 10.2. The zero-order chi connectivity index (χ0) is 22.8. The van der Waals surface area contributed by atoms with Gasteiger partial charge < -0.3 is 0 Å². The fourth-order valence-corrected chi connectivity index (χ4v) is 6.24. The van der Waals surface area contributed by atoms with Crippen molar-refractivity contribution in [2.75, 3.05) is 6.54 Å². The van der Waals surface area contributed by atoms with Gasteiger partial charge in [0, 0.05) is 27.4 Å². The van der Waals surface area contributed by atoms with Crippen molar-refractivity contribution in [2.45, 2.75) is 29.5 Å². The van der Waals surface area contributed by atoms with Crippen molar-refractivity contribution >= 4 is 56.7 Å². The zero-order valence-electron chi connectivity index (χ0n) is 17.6. The number of thioether (sulfide) groups is 1. The molecule has 3 heterocycles. The van der Waals surface area contributed by atoms with Crippen LogP contribution in [0.15, 0.2) is 72.0 Å². The molecule has 33 heavy (non-hydrogen) atoms. The molecule has 1 saturated heterocycles. The van der Waals surface area contributed by atoms with Crippen LogP contribution in [0, 0.1) is 0 Å². The fourth-order valence-electron chi connectivity index (χ4n) is 3.87. The summed E-state index contributed by atoms with van der Waals surface area (Å²) < 4.78 is 0. The summed E-state index contributed by atoms with van der Waals surface area (Å²) in [5, 5.41) is 1.90. The van der Waals surface area contributed by atoms with Crippen molar-refractivity contribution in [3.05, 3.63) is 77.6 Å². The highest BCUT2D eigenvalue weighted by molar-refractivity contribution is 8.00. The molecular weight excluding hydrogens is 474 g/mol. The third kappa shape index (κ3) is 4.67. The number of amides is 2. The highest BCUT2D eigenvalue weighted by atomic mass is 35.5. The summed E-state index contributed by atoms with van der Waals surface area (Å²) in [6.07, 6.45) is 3.92. The predicted molar refractivity (Wildman–Crippen MR) is 134 cm³/mol. The number of likely N-dealkylation sites (tertiary alicyclic amines) is 1. The Bertz CT molecular complexity index is 1310. The Hall–Kier alpha value is -2.74. The average molecular weight is 494 g/mol. The normalized spacial score (nSPS) is 16.7. The molecule has 5 nitrogen and oxygen atoms in total. The van der Waals surface area contributed by atoms with Crippen molar-refractivity contribution in [3.63, 3.8) is 0 Å². The zero-order valence-corrected chi connectivity index (χ0v) is 20.0. The van der Waals surface area contributed by atoms with Gasteiger partial charge >= 0.3 is 0 Å². The molecule has 0 spiro atoms. The Kier molecular flexibility index (Phi) is 6.44. The quantitative estimate of drug-likeness (QED) is 0.245. The second-order valence-corrected chi connectivity index (χ2v) is 10.4. The fraction of sp³-hybridized carbons (Fsp3) is 0.200. The van der Waals surface area contributed by atoms with Crippen molar-refractivity contribution in [1.82, 2.24) is 14.9 Å². The maximum atomic E-state index is 13.4. The minimum Gasteiger partial charge on any atom is -0.278 e. The molecule has 0 N–H and O–H groups in total. The van der Waals surface area contributed by atoms with Crippen LogP contribution in [0.2, 0.25) is 5.02 Å². The molecule has 2 aromatic heterocycles. The number of rotatable bonds is 4. The van der Waals surface area contributed by atoms with E-state index in [9.17, 15) is 9.59 Å². The van der Waals surface area contributed by atoms with Crippen molar-refractivity contribution in [1.29, 1.82) is 0 Å². The molecule has 0 saturated carbocycles. The molecule has 0 aliphatic carbocycles. The Labute approximate surface area is 204 Å². The molecule has 2 amide bonds. The first-order valence-electron chi connectivity index (χ1n) is 10.7. The number of nitrogens with zero attached hydrogens (tertiary/aromatic N) is 3. The van der Waals surface area contributed by atoms with Crippen LogP contribution < -0.4 is 0 Å². The number of hydrogen-bond donors (Lipinski definition) is 0. The van der Waals surface area contributed by atoms with Crippen LogP contribution in [0.4, 0.5) is 0 Å². The number of benzene rings is 2. The van der Waals surface area contributed by atoms with E-state index in [1.54, 1.807) is 41.9 Å². The summed E-state index contributed by atoms with van der Waals surface area (Å²) in [5.41, 5.74) is 1.59. The topological polar surface area (TPSA) is 63.2 Å². The van der Waals surface area contributed by atoms with Gasteiger partial charge in [-0.15, -0.1) is 11.3 Å². The van der Waals surface area contributed by atoms with Crippen molar-refractivity contribution < 1.29 is 9.59 Å². The monoisotopic (exact) mass is 493 g/mol. The molecule has 2 aromatic carbocycles. The summed E-state index contributed by atoms with van der Waals surface area (Å²) in [7, 11) is 0. The molecular formula is C25H20ClN3O2S2. The van der Waals surface area contributed by atoms with Crippen LogP contribution in [-0.2, 0) is 4.79 Å². The predicted octanol–water partition coefficient (Wildman–Crippen LogP) is 6.33. The Morgan fingerprint density at radius 1 is 1.06 bits per heavy atom. The Morgan fingerprint density at radius 2 is 1.85 bits per heavy atom. The van der Waals surface area contributed by atoms with Gasteiger partial charge in [0.15, 0.2) is 0 Å². The van der Waals surface area contributed by atoms with E-state index < -0.39 is 0 Å². The smallest absolute Gasteiger partial charge is 0.260 e. The van der Waals surface area contributed by atoms with Crippen LogP contribution in [0.25, 0.3) is 20.7 Å². The molecule has 1 aliphatic rings. The van der Waals surface area contributed by atoms with E-state index in [4.69, 9.17) is 11.6 Å². The lowest BCUT2D eigenvalue weighted by molar-refractivity contribution is -0.127. The van der Waals surface area contributed by atoms with E-state index in [1.807, 2.05) is 18.2 Å². The van der Waals surface area contributed by atoms with Crippen LogP contribution in [-0.4, -0.2) is 38.5 Å². The average Bonchev–Trinajstić information content (AvgIpc) is 3.21. The molecule has 5 rings (SSSR count). The molecule has 0 unspecified atom stereocenters. The standard InChI is InChI=1S/C25H20ClN3O2S2/c26-18-11-9-17(10-12-18)24(30)29-13-5-4-8-20(25(29)31)32-22-19-14-21(16-6-2-1-3-7-16)33-23(19)28-15-27-22/h1-3,6-7,9-12,14-15,20H,4-5,8,13H2/t20-/m0/s1. The summed E-state index contributed by atoms with van der Waals surface area (Å²) in [6, 6.07) is 18.9. The number of carbonyl (C=O) groups is 2. The van der Waals surface area contributed by atoms with Crippen molar-refractivity contribution in [3.8, 4) is 10.4 Å². The van der Waals surface area contributed by atoms with E-state index in [1.165, 1.54) is 16.7 Å². The third-order valence-electron chi connectivity index (χ3n) is 5.58. The molecule has 0 radical (unpaired) electrons. The first-order valence-corrected chi connectivity index (χ1v) is 12.8. The highest BCUT2D eigenvalue weighted by Gasteiger charge is 2.33. The van der Waals surface area contributed by atoms with Gasteiger partial charge in [0.25, 0.3) is 5.91 Å². The number of imide groups is 1. The summed E-state index contributed by atoms with van der Waals surface area (Å²) >= 11 is 9.00. The van der Waals surface area contributed by atoms with Gasteiger partial charge in [-0.2, -0.15) is 0 Å². The Morgan fingerprint density at radius 3 is 2.64 bits per heavy atom. The number of carbonyl (C=O) groups excluding carboxylic acids is 2. The number of thiophene rings is 1. The molecule has 1 atom stereocenters. The molecule has 1 aliphatic heterocycles. The highest BCUT2D eigenvalue weighted by Crippen LogP contribution is 2.38. The Balaban J connectivity index is 1.42. The number of aromatic nitrogens is 2. The SMILES string of the molecule is O=C(c1ccc(Cl)cc1)N1CCCC[C@H](Sc2ncnc3sc(-c4ccccc4)cc23)C1=O. The molecule has 8 heteroatoms. The van der Waals surface area contributed by atoms with Crippen LogP contribution in [0.3, 0.4) is 0 Å². The second kappa shape index (κ2) is 9.63. The van der Waals surface area contributed by atoms with E-state index in [0.29, 0.717) is 23.6 Å². The van der Waals surface area contributed by atoms with Crippen LogP contribution in [0.5, 0.6) is 0 Å². The summed E-state index contributed by atoms with van der Waals surface area (Å²) in [4.78, 5) is 38.8. The molecule has 4 aromatic rings. The third-order valence-corrected chi connectivity index (χ3v) is 8.20. The second-order valence-electron chi connectivity index (χ2n) is 7.78. The summed E-state index contributed by atoms with van der Waals surface area (Å²) in [6.45, 7) is 0.424. The number of hydrogen-bond acceptors (Lipinski definition) is 6. The van der Waals surface area contributed by atoms with Gasteiger partial charge in [-0.1, -0.05) is 60.1 Å². The van der Waals surface area contributed by atoms with Crippen molar-refractivity contribution in [2.24, 2.45) is 0 Å². The molecule has 166 valence electrons. The minimum absolute atomic E-state index is 0.164. The van der Waals surface area contributed by atoms with Gasteiger partial charge in [0.1, 0.15) is 16.2 Å².